The summed E-state index contributed by atoms with van der Waals surface area (Å²) in [6.07, 6.45) is -0.228. The number of nitrogens with zero attached hydrogens (tertiary/aromatic N) is 1. The second kappa shape index (κ2) is 7.22. The van der Waals surface area contributed by atoms with Crippen LogP contribution in [0.2, 0.25) is 0 Å². The number of halogens is 3. The number of rotatable bonds is 5. The van der Waals surface area contributed by atoms with Crippen LogP contribution in [0.3, 0.4) is 0 Å². The molecule has 8 heteroatoms. The van der Waals surface area contributed by atoms with Crippen molar-refractivity contribution in [1.29, 1.82) is 5.26 Å². The van der Waals surface area contributed by atoms with Crippen molar-refractivity contribution in [3.8, 4) is 11.8 Å². The minimum Gasteiger partial charge on any atom is -0.496 e. The van der Waals surface area contributed by atoms with Crippen LogP contribution in [0, 0.1) is 11.3 Å². The molecule has 0 heterocycles. The standard InChI is InChI=1S/C13H12F3NO3S/c1-3-20-12(18)6-8-5-11(21-13(14,15)16)9(7-17)4-10(8)19-2/h4-5H,3,6H2,1-2H3. The van der Waals surface area contributed by atoms with E-state index in [1.165, 1.54) is 13.2 Å². The van der Waals surface area contributed by atoms with Gasteiger partial charge in [0.1, 0.15) is 11.8 Å². The van der Waals surface area contributed by atoms with Gasteiger partial charge in [0, 0.05) is 10.5 Å². The first-order chi connectivity index (χ1) is 9.80. The van der Waals surface area contributed by atoms with Crippen LogP contribution >= 0.6 is 11.8 Å². The molecule has 0 N–H and O–H groups in total. The molecule has 1 rings (SSSR count). The van der Waals surface area contributed by atoms with Gasteiger partial charge in [-0.2, -0.15) is 18.4 Å². The van der Waals surface area contributed by atoms with Crippen LogP contribution in [-0.2, 0) is 16.0 Å². The van der Waals surface area contributed by atoms with Crippen LogP contribution in [0.4, 0.5) is 13.2 Å². The molecular formula is C13H12F3NO3S. The van der Waals surface area contributed by atoms with Gasteiger partial charge in [0.2, 0.25) is 0 Å². The second-order valence-corrected chi connectivity index (χ2v) is 4.91. The molecule has 1 aromatic rings. The Kier molecular flexibility index (Phi) is 5.90. The zero-order valence-electron chi connectivity index (χ0n) is 11.3. The van der Waals surface area contributed by atoms with E-state index < -0.39 is 23.2 Å². The second-order valence-electron chi connectivity index (χ2n) is 3.80. The molecule has 0 atom stereocenters. The maximum atomic E-state index is 12.5. The summed E-state index contributed by atoms with van der Waals surface area (Å²) < 4.78 is 47.2. The van der Waals surface area contributed by atoms with Gasteiger partial charge < -0.3 is 9.47 Å². The zero-order valence-corrected chi connectivity index (χ0v) is 12.1. The molecule has 0 amide bonds. The average Bonchev–Trinajstić information content (AvgIpc) is 2.37. The summed E-state index contributed by atoms with van der Waals surface area (Å²) in [5, 5.41) is 8.91. The highest BCUT2D eigenvalue weighted by atomic mass is 32.2. The van der Waals surface area contributed by atoms with E-state index in [1.54, 1.807) is 13.0 Å². The molecule has 0 aliphatic rings. The van der Waals surface area contributed by atoms with E-state index in [1.807, 2.05) is 0 Å². The normalized spacial score (nSPS) is 10.9. The van der Waals surface area contributed by atoms with Gasteiger partial charge >= 0.3 is 11.5 Å². The maximum Gasteiger partial charge on any atom is 0.446 e. The van der Waals surface area contributed by atoms with E-state index in [0.717, 1.165) is 6.07 Å². The molecule has 0 saturated heterocycles. The van der Waals surface area contributed by atoms with Crippen LogP contribution in [0.1, 0.15) is 18.1 Å². The predicted octanol–water partition coefficient (Wildman–Crippen LogP) is 3.28. The first-order valence-corrected chi connectivity index (χ1v) is 6.64. The van der Waals surface area contributed by atoms with E-state index in [0.29, 0.717) is 0 Å². The topological polar surface area (TPSA) is 59.3 Å². The molecule has 0 aliphatic carbocycles. The number of alkyl halides is 3. The van der Waals surface area contributed by atoms with E-state index in [4.69, 9.17) is 14.7 Å². The molecule has 4 nitrogen and oxygen atoms in total. The number of thioether (sulfide) groups is 1. The van der Waals surface area contributed by atoms with Crippen LogP contribution in [-0.4, -0.2) is 25.2 Å². The maximum absolute atomic E-state index is 12.5. The highest BCUT2D eigenvalue weighted by molar-refractivity contribution is 8.00. The van der Waals surface area contributed by atoms with Crippen molar-refractivity contribution in [3.63, 3.8) is 0 Å². The molecule has 0 fully saturated rings. The predicted molar refractivity (Wildman–Crippen MR) is 70.0 cm³/mol. The van der Waals surface area contributed by atoms with Gasteiger partial charge in [-0.25, -0.2) is 0 Å². The van der Waals surface area contributed by atoms with Gasteiger partial charge in [-0.05, 0) is 30.8 Å². The summed E-state index contributed by atoms with van der Waals surface area (Å²) in [5.41, 5.74) is -4.45. The minimum atomic E-state index is -4.53. The number of methoxy groups -OCH3 is 1. The molecule has 0 unspecified atom stereocenters. The third-order valence-corrected chi connectivity index (χ3v) is 3.16. The Hall–Kier alpha value is -1.88. The van der Waals surface area contributed by atoms with Gasteiger partial charge in [0.15, 0.2) is 0 Å². The van der Waals surface area contributed by atoms with Crippen molar-refractivity contribution in [1.82, 2.24) is 0 Å². The van der Waals surface area contributed by atoms with Crippen molar-refractivity contribution in [2.75, 3.05) is 13.7 Å². The average molecular weight is 319 g/mol. The Labute approximate surface area is 123 Å². The third kappa shape index (κ3) is 5.19. The minimum absolute atomic E-state index is 0.165. The summed E-state index contributed by atoms with van der Waals surface area (Å²) in [4.78, 5) is 11.2. The Balaban J connectivity index is 3.20. The fourth-order valence-electron chi connectivity index (χ4n) is 1.59. The number of nitriles is 1. The number of hydrogen-bond acceptors (Lipinski definition) is 5. The SMILES string of the molecule is CCOC(=O)Cc1cc(SC(F)(F)F)c(C#N)cc1OC. The molecule has 114 valence electrons. The molecule has 21 heavy (non-hydrogen) atoms. The summed E-state index contributed by atoms with van der Waals surface area (Å²) in [6.45, 7) is 1.79. The van der Waals surface area contributed by atoms with Crippen molar-refractivity contribution in [3.05, 3.63) is 23.3 Å². The summed E-state index contributed by atoms with van der Waals surface area (Å²) in [5.74, 6) is -0.408. The number of hydrogen-bond donors (Lipinski definition) is 0. The lowest BCUT2D eigenvalue weighted by Crippen LogP contribution is -2.09. The van der Waals surface area contributed by atoms with E-state index >= 15 is 0 Å². The summed E-state index contributed by atoms with van der Waals surface area (Å²) in [7, 11) is 1.31. The van der Waals surface area contributed by atoms with Crippen molar-refractivity contribution in [2.45, 2.75) is 23.7 Å². The zero-order chi connectivity index (χ0) is 16.0. The van der Waals surface area contributed by atoms with E-state index in [-0.39, 0.29) is 34.8 Å². The third-order valence-electron chi connectivity index (χ3n) is 2.37. The van der Waals surface area contributed by atoms with Crippen LogP contribution in [0.5, 0.6) is 5.75 Å². The van der Waals surface area contributed by atoms with E-state index in [9.17, 15) is 18.0 Å². The van der Waals surface area contributed by atoms with Crippen LogP contribution in [0.15, 0.2) is 17.0 Å². The quantitative estimate of drug-likeness (QED) is 0.616. The summed E-state index contributed by atoms with van der Waals surface area (Å²) >= 11 is -0.404. The Morgan fingerprint density at radius 1 is 1.43 bits per heavy atom. The Morgan fingerprint density at radius 2 is 2.10 bits per heavy atom. The van der Waals surface area contributed by atoms with Gasteiger partial charge in [0.25, 0.3) is 0 Å². The first kappa shape index (κ1) is 17.2. The first-order valence-electron chi connectivity index (χ1n) is 5.83. The van der Waals surface area contributed by atoms with Gasteiger partial charge in [-0.15, -0.1) is 0 Å². The number of esters is 1. The van der Waals surface area contributed by atoms with Gasteiger partial charge in [-0.3, -0.25) is 4.79 Å². The smallest absolute Gasteiger partial charge is 0.446 e. The molecular weight excluding hydrogens is 307 g/mol. The summed E-state index contributed by atoms with van der Waals surface area (Å²) in [6, 6.07) is 4.00. The molecule has 0 spiro atoms. The molecule has 0 aromatic heterocycles. The fourth-order valence-corrected chi connectivity index (χ4v) is 2.26. The Bertz CT molecular complexity index is 567. The van der Waals surface area contributed by atoms with Crippen LogP contribution < -0.4 is 4.74 Å². The van der Waals surface area contributed by atoms with Gasteiger partial charge in [0.05, 0.1) is 25.7 Å². The van der Waals surface area contributed by atoms with Crippen molar-refractivity contribution >= 4 is 17.7 Å². The van der Waals surface area contributed by atoms with Crippen molar-refractivity contribution in [2.24, 2.45) is 0 Å². The lowest BCUT2D eigenvalue weighted by atomic mass is 10.1. The largest absolute Gasteiger partial charge is 0.496 e. The number of carbonyl (C=O) groups is 1. The highest BCUT2D eigenvalue weighted by Gasteiger charge is 2.31. The number of carbonyl (C=O) groups excluding carboxylic acids is 1. The number of benzene rings is 1. The fraction of sp³-hybridized carbons (Fsp3) is 0.385. The molecule has 1 aromatic carbocycles. The molecule has 0 saturated carbocycles. The van der Waals surface area contributed by atoms with Gasteiger partial charge in [-0.1, -0.05) is 0 Å². The van der Waals surface area contributed by atoms with Crippen molar-refractivity contribution < 1.29 is 27.4 Å². The highest BCUT2D eigenvalue weighted by Crippen LogP contribution is 2.40. The lowest BCUT2D eigenvalue weighted by Gasteiger charge is -2.13. The molecule has 0 bridgehead atoms. The lowest BCUT2D eigenvalue weighted by molar-refractivity contribution is -0.142. The number of ether oxygens (including phenoxy) is 2. The Morgan fingerprint density at radius 3 is 2.57 bits per heavy atom. The monoisotopic (exact) mass is 319 g/mol. The van der Waals surface area contributed by atoms with Crippen LogP contribution in [0.25, 0.3) is 0 Å². The van der Waals surface area contributed by atoms with E-state index in [2.05, 4.69) is 0 Å². The molecule has 0 aliphatic heterocycles. The molecule has 0 radical (unpaired) electrons.